The largest absolute Gasteiger partial charge is 0.388 e. The molecule has 2 unspecified atom stereocenters. The van der Waals surface area contributed by atoms with Crippen molar-refractivity contribution in [2.45, 2.75) is 57.2 Å². The summed E-state index contributed by atoms with van der Waals surface area (Å²) < 4.78 is 5.87. The molecule has 1 aliphatic heterocycles. The lowest BCUT2D eigenvalue weighted by molar-refractivity contribution is -0.187. The molecule has 0 spiro atoms. The monoisotopic (exact) mass is 285 g/mol. The number of nitriles is 1. The summed E-state index contributed by atoms with van der Waals surface area (Å²) in [5.74, 6) is 0. The molecule has 1 aromatic rings. The molecular weight excluding hydrogens is 262 g/mol. The molecule has 1 N–H and O–H groups in total. The lowest BCUT2D eigenvalue weighted by Crippen LogP contribution is -2.57. The lowest BCUT2D eigenvalue weighted by atomic mass is 9.63. The predicted octanol–water partition coefficient (Wildman–Crippen LogP) is 3.01. The third-order valence-corrected chi connectivity index (χ3v) is 5.59. The van der Waals surface area contributed by atoms with E-state index < -0.39 is 11.0 Å². The molecule has 0 amide bonds. The fourth-order valence-electron chi connectivity index (χ4n) is 3.99. The van der Waals surface area contributed by atoms with E-state index in [1.165, 1.54) is 11.1 Å². The Morgan fingerprint density at radius 3 is 2.43 bits per heavy atom. The van der Waals surface area contributed by atoms with E-state index in [4.69, 9.17) is 4.74 Å². The van der Waals surface area contributed by atoms with Gasteiger partial charge in [-0.25, -0.2) is 0 Å². The molecule has 2 aliphatic rings. The van der Waals surface area contributed by atoms with Gasteiger partial charge in [0.1, 0.15) is 0 Å². The van der Waals surface area contributed by atoms with Gasteiger partial charge in [-0.15, -0.1) is 0 Å². The summed E-state index contributed by atoms with van der Waals surface area (Å²) in [6, 6.07) is 10.7. The summed E-state index contributed by atoms with van der Waals surface area (Å²) in [5, 5.41) is 21.3. The van der Waals surface area contributed by atoms with Crippen molar-refractivity contribution >= 4 is 0 Å². The van der Waals surface area contributed by atoms with Gasteiger partial charge in [0.05, 0.1) is 29.3 Å². The van der Waals surface area contributed by atoms with E-state index in [-0.39, 0.29) is 5.60 Å². The van der Waals surface area contributed by atoms with E-state index in [1.54, 1.807) is 0 Å². The van der Waals surface area contributed by atoms with Gasteiger partial charge in [-0.3, -0.25) is 0 Å². The molecule has 112 valence electrons. The number of hydrogen-bond acceptors (Lipinski definition) is 3. The molecule has 0 bridgehead atoms. The van der Waals surface area contributed by atoms with Gasteiger partial charge in [-0.05, 0) is 37.3 Å². The molecule has 1 heterocycles. The van der Waals surface area contributed by atoms with Crippen LogP contribution in [0.1, 0.15) is 44.2 Å². The topological polar surface area (TPSA) is 53.2 Å². The first kappa shape index (κ1) is 14.6. The Balaban J connectivity index is 1.96. The van der Waals surface area contributed by atoms with Crippen LogP contribution in [0.25, 0.3) is 0 Å². The summed E-state index contributed by atoms with van der Waals surface area (Å²) >= 11 is 0. The average Bonchev–Trinajstić information content (AvgIpc) is 2.87. The van der Waals surface area contributed by atoms with E-state index in [0.717, 1.165) is 6.42 Å². The highest BCUT2D eigenvalue weighted by molar-refractivity contribution is 5.39. The Morgan fingerprint density at radius 1 is 1.29 bits per heavy atom. The second-order valence-corrected chi connectivity index (χ2v) is 6.93. The molecule has 1 saturated heterocycles. The summed E-state index contributed by atoms with van der Waals surface area (Å²) in [7, 11) is 0. The minimum Gasteiger partial charge on any atom is -0.388 e. The molecule has 21 heavy (non-hydrogen) atoms. The van der Waals surface area contributed by atoms with Crippen molar-refractivity contribution in [1.29, 1.82) is 5.26 Å². The number of rotatable bonds is 2. The minimum absolute atomic E-state index is 0.328. The van der Waals surface area contributed by atoms with Crippen LogP contribution in [-0.4, -0.2) is 22.9 Å². The molecule has 0 radical (unpaired) electrons. The molecule has 0 saturated carbocycles. The van der Waals surface area contributed by atoms with E-state index in [2.05, 4.69) is 25.1 Å². The summed E-state index contributed by atoms with van der Waals surface area (Å²) in [6.45, 7) is 4.65. The SMILES string of the molecule is CCC1(C)CC(O)(C2(C#N)Cc3ccccc3C2)CCO1. The number of ether oxygens (including phenoxy) is 1. The van der Waals surface area contributed by atoms with Crippen LogP contribution in [-0.2, 0) is 17.6 Å². The quantitative estimate of drug-likeness (QED) is 0.908. The van der Waals surface area contributed by atoms with E-state index in [0.29, 0.717) is 32.3 Å². The zero-order valence-electron chi connectivity index (χ0n) is 12.9. The number of hydrogen-bond donors (Lipinski definition) is 1. The Labute approximate surface area is 126 Å². The average molecular weight is 285 g/mol. The predicted molar refractivity (Wildman–Crippen MR) is 80.7 cm³/mol. The van der Waals surface area contributed by atoms with Crippen LogP contribution in [0.5, 0.6) is 0 Å². The Bertz CT molecular complexity index is 566. The van der Waals surface area contributed by atoms with Crippen LogP contribution in [0.3, 0.4) is 0 Å². The van der Waals surface area contributed by atoms with Gasteiger partial charge < -0.3 is 9.84 Å². The molecular formula is C18H23NO2. The van der Waals surface area contributed by atoms with Crippen molar-refractivity contribution in [2.24, 2.45) is 5.41 Å². The highest BCUT2D eigenvalue weighted by Gasteiger charge is 2.57. The fraction of sp³-hybridized carbons (Fsp3) is 0.611. The molecule has 3 rings (SSSR count). The first-order chi connectivity index (χ1) is 9.96. The smallest absolute Gasteiger partial charge is 0.0942 e. The lowest BCUT2D eigenvalue weighted by Gasteiger charge is -2.49. The molecule has 1 aromatic carbocycles. The molecule has 2 atom stereocenters. The maximum atomic E-state index is 11.4. The molecule has 3 nitrogen and oxygen atoms in total. The third kappa shape index (κ3) is 2.18. The van der Waals surface area contributed by atoms with Crippen LogP contribution in [0.4, 0.5) is 0 Å². The first-order valence-corrected chi connectivity index (χ1v) is 7.80. The van der Waals surface area contributed by atoms with Crippen LogP contribution in [0.2, 0.25) is 0 Å². The molecule has 1 aliphatic carbocycles. The van der Waals surface area contributed by atoms with E-state index in [9.17, 15) is 10.4 Å². The van der Waals surface area contributed by atoms with Gasteiger partial charge in [0.2, 0.25) is 0 Å². The highest BCUT2D eigenvalue weighted by Crippen LogP contribution is 2.51. The maximum absolute atomic E-state index is 11.4. The van der Waals surface area contributed by atoms with Crippen LogP contribution in [0.15, 0.2) is 24.3 Å². The van der Waals surface area contributed by atoms with Crippen molar-refractivity contribution in [3.63, 3.8) is 0 Å². The fourth-order valence-corrected chi connectivity index (χ4v) is 3.99. The van der Waals surface area contributed by atoms with E-state index >= 15 is 0 Å². The van der Waals surface area contributed by atoms with Gasteiger partial charge in [0.25, 0.3) is 0 Å². The molecule has 0 aromatic heterocycles. The van der Waals surface area contributed by atoms with Crippen molar-refractivity contribution in [1.82, 2.24) is 0 Å². The second-order valence-electron chi connectivity index (χ2n) is 6.93. The number of nitrogens with zero attached hydrogens (tertiary/aromatic N) is 1. The number of aliphatic hydroxyl groups is 1. The summed E-state index contributed by atoms with van der Waals surface area (Å²) in [4.78, 5) is 0. The number of benzene rings is 1. The van der Waals surface area contributed by atoms with Crippen molar-refractivity contribution in [2.75, 3.05) is 6.61 Å². The maximum Gasteiger partial charge on any atom is 0.0942 e. The standard InChI is InChI=1S/C18H23NO2/c1-3-16(2)12-18(20,8-9-21-16)17(13-19)10-14-6-4-5-7-15(14)11-17/h4-7,20H,3,8-12H2,1-2H3. The van der Waals surface area contributed by atoms with Gasteiger partial charge in [-0.1, -0.05) is 31.2 Å². The summed E-state index contributed by atoms with van der Waals surface area (Å²) in [6.07, 6.45) is 3.23. The Kier molecular flexibility index (Phi) is 3.35. The number of fused-ring (bicyclic) bond motifs is 1. The third-order valence-electron chi connectivity index (χ3n) is 5.59. The zero-order chi connectivity index (χ0) is 15.1. The normalized spacial score (nSPS) is 34.2. The van der Waals surface area contributed by atoms with Crippen LogP contribution < -0.4 is 0 Å². The second kappa shape index (κ2) is 4.83. The first-order valence-electron chi connectivity index (χ1n) is 7.80. The van der Waals surface area contributed by atoms with Gasteiger partial charge in [0.15, 0.2) is 0 Å². The van der Waals surface area contributed by atoms with Gasteiger partial charge >= 0.3 is 0 Å². The van der Waals surface area contributed by atoms with Crippen molar-refractivity contribution in [3.05, 3.63) is 35.4 Å². The Hall–Kier alpha value is -1.37. The van der Waals surface area contributed by atoms with Crippen LogP contribution >= 0.6 is 0 Å². The van der Waals surface area contributed by atoms with Gasteiger partial charge in [0, 0.05) is 12.8 Å². The minimum atomic E-state index is -0.968. The Morgan fingerprint density at radius 2 is 1.90 bits per heavy atom. The summed E-state index contributed by atoms with van der Waals surface area (Å²) in [5.41, 5.74) is 0.404. The van der Waals surface area contributed by atoms with Crippen LogP contribution in [0, 0.1) is 16.7 Å². The zero-order valence-corrected chi connectivity index (χ0v) is 12.9. The molecule has 3 heteroatoms. The van der Waals surface area contributed by atoms with E-state index in [1.807, 2.05) is 19.1 Å². The molecule has 1 fully saturated rings. The van der Waals surface area contributed by atoms with Gasteiger partial charge in [-0.2, -0.15) is 5.26 Å². The highest BCUT2D eigenvalue weighted by atomic mass is 16.5. The van der Waals surface area contributed by atoms with Crippen molar-refractivity contribution < 1.29 is 9.84 Å². The van der Waals surface area contributed by atoms with Crippen molar-refractivity contribution in [3.8, 4) is 6.07 Å².